The maximum Gasteiger partial charge on any atom is 0.0589 e. The van der Waals surface area contributed by atoms with Crippen molar-refractivity contribution in [1.29, 1.82) is 0 Å². The van der Waals surface area contributed by atoms with Gasteiger partial charge in [0.1, 0.15) is 0 Å². The fourth-order valence-electron chi connectivity index (χ4n) is 1.51. The first kappa shape index (κ1) is 15.4. The predicted molar refractivity (Wildman–Crippen MR) is 70.8 cm³/mol. The topological polar surface area (TPSA) is 12.5 Å². The highest BCUT2D eigenvalue weighted by Crippen LogP contribution is 2.21. The summed E-state index contributed by atoms with van der Waals surface area (Å²) >= 11 is 3.58. The molecule has 0 heterocycles. The Bertz CT molecular complexity index is 162. The molecular weight excluding hydrogens is 254 g/mol. The van der Waals surface area contributed by atoms with Crippen LogP contribution in [0.1, 0.15) is 34.1 Å². The van der Waals surface area contributed by atoms with Crippen LogP contribution in [0.3, 0.4) is 0 Å². The van der Waals surface area contributed by atoms with Gasteiger partial charge in [0.05, 0.1) is 6.61 Å². The molecule has 0 aliphatic heterocycles. The zero-order chi connectivity index (χ0) is 11.9. The molecule has 0 rings (SSSR count). The molecule has 0 aromatic rings. The first-order valence-electron chi connectivity index (χ1n) is 5.75. The van der Waals surface area contributed by atoms with Crippen molar-refractivity contribution in [3.8, 4) is 0 Å². The lowest BCUT2D eigenvalue weighted by molar-refractivity contribution is 0.0963. The Labute approximate surface area is 103 Å². The van der Waals surface area contributed by atoms with E-state index in [4.69, 9.17) is 4.74 Å². The SMILES string of the molecule is CCC(C)N(CCOC)CC(C)(C)CBr. The Kier molecular flexibility index (Phi) is 7.84. The van der Waals surface area contributed by atoms with E-state index in [0.29, 0.717) is 11.5 Å². The summed E-state index contributed by atoms with van der Waals surface area (Å²) in [5, 5.41) is 1.04. The van der Waals surface area contributed by atoms with Crippen molar-refractivity contribution in [3.63, 3.8) is 0 Å². The molecule has 0 N–H and O–H groups in total. The zero-order valence-electron chi connectivity index (χ0n) is 10.8. The highest BCUT2D eigenvalue weighted by Gasteiger charge is 2.22. The number of halogens is 1. The molecule has 0 saturated heterocycles. The Morgan fingerprint density at radius 2 is 2.00 bits per heavy atom. The number of methoxy groups -OCH3 is 1. The molecule has 1 unspecified atom stereocenters. The van der Waals surface area contributed by atoms with Crippen LogP contribution in [0, 0.1) is 5.41 Å². The molecule has 0 aliphatic carbocycles. The standard InChI is InChI=1S/C12H26BrNO/c1-6-11(2)14(7-8-15-5)10-12(3,4)9-13/h11H,6-10H2,1-5H3. The second-order valence-corrected chi connectivity index (χ2v) is 5.58. The van der Waals surface area contributed by atoms with Crippen molar-refractivity contribution < 1.29 is 4.74 Å². The number of nitrogens with zero attached hydrogens (tertiary/aromatic N) is 1. The van der Waals surface area contributed by atoms with E-state index in [2.05, 4.69) is 48.5 Å². The van der Waals surface area contributed by atoms with E-state index in [1.807, 2.05) is 0 Å². The van der Waals surface area contributed by atoms with Crippen molar-refractivity contribution >= 4 is 15.9 Å². The van der Waals surface area contributed by atoms with E-state index >= 15 is 0 Å². The Morgan fingerprint density at radius 1 is 1.40 bits per heavy atom. The molecule has 92 valence electrons. The van der Waals surface area contributed by atoms with Crippen LogP contribution in [0.25, 0.3) is 0 Å². The number of hydrogen-bond acceptors (Lipinski definition) is 2. The third kappa shape index (κ3) is 6.54. The van der Waals surface area contributed by atoms with Gasteiger partial charge in [-0.15, -0.1) is 0 Å². The van der Waals surface area contributed by atoms with Crippen LogP contribution in [-0.2, 0) is 4.74 Å². The van der Waals surface area contributed by atoms with Crippen molar-refractivity contribution in [3.05, 3.63) is 0 Å². The minimum Gasteiger partial charge on any atom is -0.383 e. The van der Waals surface area contributed by atoms with Crippen LogP contribution in [0.5, 0.6) is 0 Å². The smallest absolute Gasteiger partial charge is 0.0589 e. The second-order valence-electron chi connectivity index (χ2n) is 5.02. The van der Waals surface area contributed by atoms with Crippen LogP contribution >= 0.6 is 15.9 Å². The van der Waals surface area contributed by atoms with Crippen molar-refractivity contribution in [2.24, 2.45) is 5.41 Å². The van der Waals surface area contributed by atoms with Gasteiger partial charge in [-0.05, 0) is 18.8 Å². The van der Waals surface area contributed by atoms with Crippen LogP contribution in [0.15, 0.2) is 0 Å². The Hall–Kier alpha value is 0.400. The molecule has 0 radical (unpaired) electrons. The molecular formula is C12H26BrNO. The fourth-order valence-corrected chi connectivity index (χ4v) is 1.69. The molecule has 15 heavy (non-hydrogen) atoms. The maximum atomic E-state index is 5.16. The first-order chi connectivity index (χ1) is 6.96. The Balaban J connectivity index is 4.23. The average molecular weight is 280 g/mol. The van der Waals surface area contributed by atoms with Crippen molar-refractivity contribution in [1.82, 2.24) is 4.90 Å². The molecule has 0 aliphatic rings. The molecule has 0 aromatic heterocycles. The lowest BCUT2D eigenvalue weighted by atomic mass is 9.95. The quantitative estimate of drug-likeness (QED) is 0.633. The second kappa shape index (κ2) is 7.64. The summed E-state index contributed by atoms with van der Waals surface area (Å²) in [7, 11) is 1.77. The number of rotatable bonds is 8. The molecule has 0 spiro atoms. The van der Waals surface area contributed by atoms with Crippen molar-refractivity contribution in [2.45, 2.75) is 40.2 Å². The third-order valence-corrected chi connectivity index (χ3v) is 4.31. The average Bonchev–Trinajstić information content (AvgIpc) is 2.23. The van der Waals surface area contributed by atoms with Crippen LogP contribution in [0.2, 0.25) is 0 Å². The molecule has 0 saturated carbocycles. The Morgan fingerprint density at radius 3 is 2.40 bits per heavy atom. The van der Waals surface area contributed by atoms with E-state index in [0.717, 1.165) is 25.0 Å². The van der Waals surface area contributed by atoms with Gasteiger partial charge < -0.3 is 4.74 Å². The molecule has 2 nitrogen and oxygen atoms in total. The summed E-state index contributed by atoms with van der Waals surface area (Å²) in [6, 6.07) is 0.637. The lowest BCUT2D eigenvalue weighted by Gasteiger charge is -2.35. The van der Waals surface area contributed by atoms with Gasteiger partial charge in [0.25, 0.3) is 0 Å². The minimum absolute atomic E-state index is 0.331. The summed E-state index contributed by atoms with van der Waals surface area (Å²) in [6.07, 6.45) is 1.20. The summed E-state index contributed by atoms with van der Waals surface area (Å²) in [5.41, 5.74) is 0.331. The molecule has 3 heteroatoms. The molecule has 0 amide bonds. The molecule has 0 bridgehead atoms. The maximum absolute atomic E-state index is 5.16. The molecule has 0 aromatic carbocycles. The minimum atomic E-state index is 0.331. The number of alkyl halides is 1. The van der Waals surface area contributed by atoms with Gasteiger partial charge >= 0.3 is 0 Å². The van der Waals surface area contributed by atoms with E-state index in [-0.39, 0.29) is 0 Å². The van der Waals surface area contributed by atoms with Gasteiger partial charge in [0, 0.05) is 31.6 Å². The van der Waals surface area contributed by atoms with E-state index in [9.17, 15) is 0 Å². The predicted octanol–water partition coefficient (Wildman–Crippen LogP) is 3.15. The van der Waals surface area contributed by atoms with Gasteiger partial charge in [-0.25, -0.2) is 0 Å². The van der Waals surface area contributed by atoms with Crippen LogP contribution < -0.4 is 0 Å². The highest BCUT2D eigenvalue weighted by atomic mass is 79.9. The molecule has 0 fully saturated rings. The largest absolute Gasteiger partial charge is 0.383 e. The zero-order valence-corrected chi connectivity index (χ0v) is 12.4. The molecule has 1 atom stereocenters. The monoisotopic (exact) mass is 279 g/mol. The fraction of sp³-hybridized carbons (Fsp3) is 1.00. The third-order valence-electron chi connectivity index (χ3n) is 2.79. The summed E-state index contributed by atoms with van der Waals surface area (Å²) in [5.74, 6) is 0. The lowest BCUT2D eigenvalue weighted by Crippen LogP contribution is -2.42. The summed E-state index contributed by atoms with van der Waals surface area (Å²) in [6.45, 7) is 12.1. The highest BCUT2D eigenvalue weighted by molar-refractivity contribution is 9.09. The first-order valence-corrected chi connectivity index (χ1v) is 6.88. The van der Waals surface area contributed by atoms with Crippen molar-refractivity contribution in [2.75, 3.05) is 32.1 Å². The number of ether oxygens (including phenoxy) is 1. The van der Waals surface area contributed by atoms with Gasteiger partial charge in [-0.3, -0.25) is 4.90 Å². The van der Waals surface area contributed by atoms with Gasteiger partial charge in [0.2, 0.25) is 0 Å². The normalized spacial score (nSPS) is 14.6. The van der Waals surface area contributed by atoms with E-state index < -0.39 is 0 Å². The van der Waals surface area contributed by atoms with Gasteiger partial charge in [-0.1, -0.05) is 36.7 Å². The summed E-state index contributed by atoms with van der Waals surface area (Å²) in [4.78, 5) is 2.52. The number of hydrogen-bond donors (Lipinski definition) is 0. The van der Waals surface area contributed by atoms with Gasteiger partial charge in [0.15, 0.2) is 0 Å². The van der Waals surface area contributed by atoms with E-state index in [1.54, 1.807) is 7.11 Å². The van der Waals surface area contributed by atoms with Crippen LogP contribution in [-0.4, -0.2) is 43.1 Å². The van der Waals surface area contributed by atoms with E-state index in [1.165, 1.54) is 6.42 Å². The van der Waals surface area contributed by atoms with Crippen LogP contribution in [0.4, 0.5) is 0 Å². The summed E-state index contributed by atoms with van der Waals surface area (Å²) < 4.78 is 5.16. The van der Waals surface area contributed by atoms with Gasteiger partial charge in [-0.2, -0.15) is 0 Å².